The number of nitrogens with one attached hydrogen (secondary N) is 1. The second-order valence-corrected chi connectivity index (χ2v) is 2.94. The van der Waals surface area contributed by atoms with E-state index in [0.29, 0.717) is 6.54 Å². The second-order valence-electron chi connectivity index (χ2n) is 2.94. The summed E-state index contributed by atoms with van der Waals surface area (Å²) in [6.07, 6.45) is 2.05. The van der Waals surface area contributed by atoms with Crippen molar-refractivity contribution >= 4 is 5.91 Å². The van der Waals surface area contributed by atoms with Crippen LogP contribution in [-0.4, -0.2) is 17.6 Å². The van der Waals surface area contributed by atoms with Gasteiger partial charge in [0.15, 0.2) is 0 Å². The number of aromatic nitrogens is 1. The maximum absolute atomic E-state index is 11.3. The van der Waals surface area contributed by atoms with Gasteiger partial charge in [-0.25, -0.2) is 0 Å². The van der Waals surface area contributed by atoms with Gasteiger partial charge in [0, 0.05) is 12.6 Å². The second kappa shape index (κ2) is 8.03. The van der Waals surface area contributed by atoms with Crippen LogP contribution in [0, 0.1) is 6.92 Å². The zero-order chi connectivity index (χ0) is 11.7. The quantitative estimate of drug-likeness (QED) is 0.780. The molecule has 0 fully saturated rings. The molecule has 0 saturated heterocycles. The molecule has 1 rings (SSSR count). The number of unbranched alkanes of at least 4 members (excludes halogenated alkanes) is 1. The lowest BCUT2D eigenvalue weighted by atomic mass is 10.3. The van der Waals surface area contributed by atoms with Gasteiger partial charge in [0.25, 0.3) is 5.91 Å². The molecular weight excluding hydrogens is 192 g/mol. The van der Waals surface area contributed by atoms with E-state index < -0.39 is 0 Å². The summed E-state index contributed by atoms with van der Waals surface area (Å²) in [6, 6.07) is 1.63. The Morgan fingerprint density at radius 3 is 2.67 bits per heavy atom. The Balaban J connectivity index is 0.000000921. The number of hydrogen-bond donors (Lipinski definition) is 1. The van der Waals surface area contributed by atoms with E-state index in [1.54, 1.807) is 13.0 Å². The SMILES string of the molecule is CC.CCCCNC(=O)c1cc(C)no1. The molecule has 1 amide bonds. The van der Waals surface area contributed by atoms with Crippen LogP contribution >= 0.6 is 0 Å². The summed E-state index contributed by atoms with van der Waals surface area (Å²) in [5.74, 6) is 0.0997. The molecule has 1 aromatic rings. The first-order valence-electron chi connectivity index (χ1n) is 5.45. The van der Waals surface area contributed by atoms with Crippen LogP contribution < -0.4 is 5.32 Å². The molecule has 0 unspecified atom stereocenters. The third-order valence-corrected chi connectivity index (χ3v) is 1.67. The molecule has 0 atom stereocenters. The molecule has 0 aliphatic heterocycles. The zero-order valence-corrected chi connectivity index (χ0v) is 9.96. The van der Waals surface area contributed by atoms with Crippen molar-refractivity contribution < 1.29 is 9.32 Å². The van der Waals surface area contributed by atoms with Crippen LogP contribution in [0.2, 0.25) is 0 Å². The van der Waals surface area contributed by atoms with Gasteiger partial charge in [0.05, 0.1) is 5.69 Å². The summed E-state index contributed by atoms with van der Waals surface area (Å²) in [5.41, 5.74) is 0.723. The Labute approximate surface area is 91.0 Å². The number of aryl methyl sites for hydroxylation is 1. The largest absolute Gasteiger partial charge is 0.351 e. The van der Waals surface area contributed by atoms with Crippen molar-refractivity contribution in [2.45, 2.75) is 40.5 Å². The predicted octanol–water partition coefficient (Wildman–Crippen LogP) is 2.54. The van der Waals surface area contributed by atoms with Gasteiger partial charge in [-0.2, -0.15) is 0 Å². The molecule has 0 bridgehead atoms. The predicted molar refractivity (Wildman–Crippen MR) is 59.8 cm³/mol. The van der Waals surface area contributed by atoms with Crippen molar-refractivity contribution in [1.82, 2.24) is 10.5 Å². The van der Waals surface area contributed by atoms with Crippen molar-refractivity contribution in [2.75, 3.05) is 6.54 Å². The number of carbonyl (C=O) groups is 1. The summed E-state index contributed by atoms with van der Waals surface area (Å²) in [7, 11) is 0. The van der Waals surface area contributed by atoms with E-state index in [9.17, 15) is 4.79 Å². The first kappa shape index (κ1) is 13.7. The minimum atomic E-state index is -0.186. The molecule has 86 valence electrons. The van der Waals surface area contributed by atoms with Crippen molar-refractivity contribution in [2.24, 2.45) is 0 Å². The fourth-order valence-corrected chi connectivity index (χ4v) is 0.936. The van der Waals surface area contributed by atoms with E-state index in [-0.39, 0.29) is 11.7 Å². The first-order chi connectivity index (χ1) is 7.24. The highest BCUT2D eigenvalue weighted by Crippen LogP contribution is 2.01. The lowest BCUT2D eigenvalue weighted by molar-refractivity contribution is 0.0916. The van der Waals surface area contributed by atoms with Crippen molar-refractivity contribution in [1.29, 1.82) is 0 Å². The van der Waals surface area contributed by atoms with E-state index in [2.05, 4.69) is 17.4 Å². The molecule has 15 heavy (non-hydrogen) atoms. The van der Waals surface area contributed by atoms with E-state index in [1.165, 1.54) is 0 Å². The minimum Gasteiger partial charge on any atom is -0.351 e. The molecule has 1 N–H and O–H groups in total. The van der Waals surface area contributed by atoms with Gasteiger partial charge in [-0.05, 0) is 13.3 Å². The third kappa shape index (κ3) is 5.20. The van der Waals surface area contributed by atoms with Crippen LogP contribution in [0.4, 0.5) is 0 Å². The fourth-order valence-electron chi connectivity index (χ4n) is 0.936. The van der Waals surface area contributed by atoms with Crippen LogP contribution in [0.5, 0.6) is 0 Å². The summed E-state index contributed by atoms with van der Waals surface area (Å²) in [5, 5.41) is 6.37. The molecule has 4 heteroatoms. The average molecular weight is 212 g/mol. The molecule has 0 radical (unpaired) electrons. The third-order valence-electron chi connectivity index (χ3n) is 1.67. The number of hydrogen-bond acceptors (Lipinski definition) is 3. The molecule has 4 nitrogen and oxygen atoms in total. The molecule has 1 aromatic heterocycles. The summed E-state index contributed by atoms with van der Waals surface area (Å²) < 4.78 is 4.79. The van der Waals surface area contributed by atoms with E-state index >= 15 is 0 Å². The van der Waals surface area contributed by atoms with Crippen molar-refractivity contribution in [3.8, 4) is 0 Å². The molecule has 0 aliphatic carbocycles. The van der Waals surface area contributed by atoms with Gasteiger partial charge in [0.1, 0.15) is 0 Å². The van der Waals surface area contributed by atoms with Gasteiger partial charge in [-0.15, -0.1) is 0 Å². The highest BCUT2D eigenvalue weighted by molar-refractivity contribution is 5.91. The van der Waals surface area contributed by atoms with E-state index in [4.69, 9.17) is 4.52 Å². The summed E-state index contributed by atoms with van der Waals surface area (Å²) >= 11 is 0. The van der Waals surface area contributed by atoms with E-state index in [0.717, 1.165) is 18.5 Å². The van der Waals surface area contributed by atoms with Crippen LogP contribution in [0.1, 0.15) is 49.9 Å². The fraction of sp³-hybridized carbons (Fsp3) is 0.636. The molecule has 0 saturated carbocycles. The number of carbonyl (C=O) groups excluding carboxylic acids is 1. The first-order valence-corrected chi connectivity index (χ1v) is 5.45. The normalized spacial score (nSPS) is 9.07. The number of amides is 1. The van der Waals surface area contributed by atoms with Gasteiger partial charge < -0.3 is 9.84 Å². The summed E-state index contributed by atoms with van der Waals surface area (Å²) in [4.78, 5) is 11.3. The standard InChI is InChI=1S/C9H14N2O2.C2H6/c1-3-4-5-10-9(12)8-6-7(2)11-13-8;1-2/h6H,3-5H2,1-2H3,(H,10,12);1-2H3. The molecule has 1 heterocycles. The smallest absolute Gasteiger partial charge is 0.289 e. The van der Waals surface area contributed by atoms with Crippen molar-refractivity contribution in [3.63, 3.8) is 0 Å². The molecular formula is C11H20N2O2. The average Bonchev–Trinajstić information content (AvgIpc) is 2.68. The van der Waals surface area contributed by atoms with Gasteiger partial charge >= 0.3 is 0 Å². The number of nitrogens with zero attached hydrogens (tertiary/aromatic N) is 1. The maximum Gasteiger partial charge on any atom is 0.289 e. The lowest BCUT2D eigenvalue weighted by Gasteiger charge is -1.99. The van der Waals surface area contributed by atoms with Crippen LogP contribution in [-0.2, 0) is 0 Å². The lowest BCUT2D eigenvalue weighted by Crippen LogP contribution is -2.23. The monoisotopic (exact) mass is 212 g/mol. The Morgan fingerprint density at radius 2 is 2.20 bits per heavy atom. The number of rotatable bonds is 4. The van der Waals surface area contributed by atoms with Crippen LogP contribution in [0.15, 0.2) is 10.6 Å². The summed E-state index contributed by atoms with van der Waals surface area (Å²) in [6.45, 7) is 8.55. The molecule has 0 spiro atoms. The van der Waals surface area contributed by atoms with Crippen molar-refractivity contribution in [3.05, 3.63) is 17.5 Å². The molecule has 0 aromatic carbocycles. The van der Waals surface area contributed by atoms with Gasteiger partial charge in [0.2, 0.25) is 5.76 Å². The van der Waals surface area contributed by atoms with Gasteiger partial charge in [-0.1, -0.05) is 32.3 Å². The Hall–Kier alpha value is -1.32. The minimum absolute atomic E-state index is 0.186. The van der Waals surface area contributed by atoms with Crippen LogP contribution in [0.3, 0.4) is 0 Å². The Bertz CT molecular complexity index is 282. The highest BCUT2D eigenvalue weighted by Gasteiger charge is 2.09. The Morgan fingerprint density at radius 1 is 1.53 bits per heavy atom. The highest BCUT2D eigenvalue weighted by atomic mass is 16.5. The molecule has 0 aliphatic rings. The topological polar surface area (TPSA) is 55.1 Å². The Kier molecular flexibility index (Phi) is 7.32. The van der Waals surface area contributed by atoms with Gasteiger partial charge in [-0.3, -0.25) is 4.79 Å². The van der Waals surface area contributed by atoms with Crippen LogP contribution in [0.25, 0.3) is 0 Å². The maximum atomic E-state index is 11.3. The van der Waals surface area contributed by atoms with E-state index in [1.807, 2.05) is 13.8 Å². The zero-order valence-electron chi connectivity index (χ0n) is 9.96.